The molecule has 1 aromatic heterocycles. The normalized spacial score (nSPS) is 19.3. The first-order valence-corrected chi connectivity index (χ1v) is 7.46. The maximum Gasteiger partial charge on any atom is 0.0935 e. The van der Waals surface area contributed by atoms with Gasteiger partial charge in [0.15, 0.2) is 0 Å². The van der Waals surface area contributed by atoms with Gasteiger partial charge in [-0.3, -0.25) is 11.3 Å². The summed E-state index contributed by atoms with van der Waals surface area (Å²) >= 11 is 0. The second-order valence-corrected chi connectivity index (χ2v) is 5.69. The SMILES string of the molecule is NNC(Cc1ccoc1)C1(c2ccccc2)CCOCC1. The molecular weight excluding hydrogens is 264 g/mol. The third kappa shape index (κ3) is 2.88. The van der Waals surface area contributed by atoms with E-state index in [9.17, 15) is 0 Å². The molecule has 4 heteroatoms. The number of hydrazine groups is 1. The first-order valence-electron chi connectivity index (χ1n) is 7.46. The van der Waals surface area contributed by atoms with Gasteiger partial charge in [-0.2, -0.15) is 0 Å². The van der Waals surface area contributed by atoms with Crippen molar-refractivity contribution in [2.24, 2.45) is 5.84 Å². The van der Waals surface area contributed by atoms with E-state index < -0.39 is 0 Å². The lowest BCUT2D eigenvalue weighted by Crippen LogP contribution is -2.54. The average Bonchev–Trinajstić information content (AvgIpc) is 3.07. The van der Waals surface area contributed by atoms with Crippen molar-refractivity contribution in [1.29, 1.82) is 0 Å². The van der Waals surface area contributed by atoms with Crippen LogP contribution in [0.3, 0.4) is 0 Å². The van der Waals surface area contributed by atoms with Crippen LogP contribution >= 0.6 is 0 Å². The lowest BCUT2D eigenvalue weighted by molar-refractivity contribution is 0.0343. The van der Waals surface area contributed by atoms with Crippen molar-refractivity contribution >= 4 is 0 Å². The Morgan fingerprint density at radius 1 is 1.14 bits per heavy atom. The predicted molar refractivity (Wildman–Crippen MR) is 81.7 cm³/mol. The number of rotatable bonds is 5. The highest BCUT2D eigenvalue weighted by Gasteiger charge is 2.41. The minimum atomic E-state index is 0.00549. The Kier molecular flexibility index (Phi) is 4.39. The number of nitrogens with one attached hydrogen (secondary N) is 1. The van der Waals surface area contributed by atoms with Crippen molar-refractivity contribution in [3.8, 4) is 0 Å². The van der Waals surface area contributed by atoms with Crippen LogP contribution in [0.4, 0.5) is 0 Å². The van der Waals surface area contributed by atoms with Crippen LogP contribution in [0, 0.1) is 0 Å². The number of ether oxygens (including phenoxy) is 1. The summed E-state index contributed by atoms with van der Waals surface area (Å²) in [5.74, 6) is 5.92. The van der Waals surface area contributed by atoms with Crippen LogP contribution in [0.15, 0.2) is 53.3 Å². The van der Waals surface area contributed by atoms with Gasteiger partial charge in [-0.25, -0.2) is 0 Å². The van der Waals surface area contributed by atoms with Gasteiger partial charge < -0.3 is 9.15 Å². The molecule has 3 N–H and O–H groups in total. The van der Waals surface area contributed by atoms with Crippen molar-refractivity contribution in [1.82, 2.24) is 5.43 Å². The van der Waals surface area contributed by atoms with Crippen molar-refractivity contribution in [2.45, 2.75) is 30.7 Å². The molecule has 0 amide bonds. The maximum atomic E-state index is 5.92. The molecule has 2 heterocycles. The molecule has 1 saturated heterocycles. The predicted octanol–water partition coefficient (Wildman–Crippen LogP) is 2.40. The summed E-state index contributed by atoms with van der Waals surface area (Å²) in [6, 6.07) is 12.8. The summed E-state index contributed by atoms with van der Waals surface area (Å²) in [4.78, 5) is 0. The molecule has 21 heavy (non-hydrogen) atoms. The van der Waals surface area contributed by atoms with Crippen LogP contribution in [0.25, 0.3) is 0 Å². The topological polar surface area (TPSA) is 60.4 Å². The highest BCUT2D eigenvalue weighted by molar-refractivity contribution is 5.29. The fourth-order valence-electron chi connectivity index (χ4n) is 3.40. The highest BCUT2D eigenvalue weighted by atomic mass is 16.5. The van der Waals surface area contributed by atoms with E-state index in [0.717, 1.165) is 32.5 Å². The number of furan rings is 1. The second kappa shape index (κ2) is 6.43. The molecule has 0 spiro atoms. The Morgan fingerprint density at radius 2 is 1.90 bits per heavy atom. The van der Waals surface area contributed by atoms with E-state index in [-0.39, 0.29) is 11.5 Å². The largest absolute Gasteiger partial charge is 0.472 e. The first-order chi connectivity index (χ1) is 10.3. The monoisotopic (exact) mass is 286 g/mol. The first kappa shape index (κ1) is 14.3. The molecule has 0 saturated carbocycles. The maximum absolute atomic E-state index is 5.92. The van der Waals surface area contributed by atoms with Crippen molar-refractivity contribution in [3.05, 3.63) is 60.1 Å². The summed E-state index contributed by atoms with van der Waals surface area (Å²) in [6.07, 6.45) is 6.31. The molecule has 4 nitrogen and oxygen atoms in total. The van der Waals surface area contributed by atoms with Crippen LogP contribution in [-0.2, 0) is 16.6 Å². The molecule has 0 radical (unpaired) electrons. The quantitative estimate of drug-likeness (QED) is 0.654. The lowest BCUT2D eigenvalue weighted by Gasteiger charge is -2.43. The van der Waals surface area contributed by atoms with Crippen LogP contribution in [0.2, 0.25) is 0 Å². The summed E-state index contributed by atoms with van der Waals surface area (Å²) in [5, 5.41) is 0. The fraction of sp³-hybridized carbons (Fsp3) is 0.412. The summed E-state index contributed by atoms with van der Waals surface area (Å²) in [7, 11) is 0. The minimum Gasteiger partial charge on any atom is -0.472 e. The lowest BCUT2D eigenvalue weighted by atomic mass is 9.67. The van der Waals surface area contributed by atoms with Gasteiger partial charge in [-0.05, 0) is 36.5 Å². The van der Waals surface area contributed by atoms with Gasteiger partial charge >= 0.3 is 0 Å². The molecule has 1 aromatic carbocycles. The van der Waals surface area contributed by atoms with Crippen LogP contribution in [0.5, 0.6) is 0 Å². The zero-order chi connectivity index (χ0) is 14.5. The standard InChI is InChI=1S/C17H22N2O2/c18-19-16(12-14-6-9-21-13-14)17(7-10-20-11-8-17)15-4-2-1-3-5-15/h1-6,9,13,16,19H,7-8,10-12,18H2. The van der Waals surface area contributed by atoms with E-state index in [2.05, 4.69) is 35.8 Å². The van der Waals surface area contributed by atoms with Crippen molar-refractivity contribution in [2.75, 3.05) is 13.2 Å². The zero-order valence-electron chi connectivity index (χ0n) is 12.1. The summed E-state index contributed by atoms with van der Waals surface area (Å²) in [6.45, 7) is 1.55. The van der Waals surface area contributed by atoms with Gasteiger partial charge in [0.1, 0.15) is 0 Å². The van der Waals surface area contributed by atoms with Gasteiger partial charge in [-0.1, -0.05) is 30.3 Å². The molecule has 112 valence electrons. The fourth-order valence-corrected chi connectivity index (χ4v) is 3.40. The Balaban J connectivity index is 1.93. The average molecular weight is 286 g/mol. The van der Waals surface area contributed by atoms with Gasteiger partial charge in [0.2, 0.25) is 0 Å². The van der Waals surface area contributed by atoms with E-state index in [1.807, 2.05) is 6.07 Å². The van der Waals surface area contributed by atoms with E-state index in [4.69, 9.17) is 15.0 Å². The Labute approximate surface area is 125 Å². The van der Waals surface area contributed by atoms with E-state index in [0.29, 0.717) is 0 Å². The summed E-state index contributed by atoms with van der Waals surface area (Å²) < 4.78 is 10.8. The number of benzene rings is 1. The molecule has 2 aromatic rings. The van der Waals surface area contributed by atoms with Crippen LogP contribution in [0.1, 0.15) is 24.0 Å². The van der Waals surface area contributed by atoms with Gasteiger partial charge in [0.25, 0.3) is 0 Å². The zero-order valence-corrected chi connectivity index (χ0v) is 12.1. The number of hydrogen-bond donors (Lipinski definition) is 2. The van der Waals surface area contributed by atoms with Crippen LogP contribution in [-0.4, -0.2) is 19.3 Å². The number of nitrogens with two attached hydrogens (primary N) is 1. The molecule has 1 atom stereocenters. The molecule has 1 aliphatic heterocycles. The molecule has 1 aliphatic rings. The van der Waals surface area contributed by atoms with Gasteiger partial charge in [0, 0.05) is 24.7 Å². The second-order valence-electron chi connectivity index (χ2n) is 5.69. The van der Waals surface area contributed by atoms with Gasteiger partial charge in [-0.15, -0.1) is 0 Å². The molecule has 0 aliphatic carbocycles. The molecule has 0 bridgehead atoms. The Morgan fingerprint density at radius 3 is 2.52 bits per heavy atom. The molecule has 1 fully saturated rings. The van der Waals surface area contributed by atoms with Crippen LogP contribution < -0.4 is 11.3 Å². The van der Waals surface area contributed by atoms with E-state index >= 15 is 0 Å². The minimum absolute atomic E-state index is 0.00549. The smallest absolute Gasteiger partial charge is 0.0935 e. The molecule has 1 unspecified atom stereocenters. The van der Waals surface area contributed by atoms with E-state index in [1.165, 1.54) is 11.1 Å². The third-order valence-electron chi connectivity index (χ3n) is 4.62. The van der Waals surface area contributed by atoms with Crippen molar-refractivity contribution < 1.29 is 9.15 Å². The van der Waals surface area contributed by atoms with Crippen molar-refractivity contribution in [3.63, 3.8) is 0 Å². The summed E-state index contributed by atoms with van der Waals surface area (Å²) in [5.41, 5.74) is 5.56. The Hall–Kier alpha value is -1.62. The highest BCUT2D eigenvalue weighted by Crippen LogP contribution is 2.39. The van der Waals surface area contributed by atoms with E-state index in [1.54, 1.807) is 12.5 Å². The third-order valence-corrected chi connectivity index (χ3v) is 4.62. The Bertz CT molecular complexity index is 533. The number of hydrogen-bond acceptors (Lipinski definition) is 4. The molecule has 3 rings (SSSR count). The van der Waals surface area contributed by atoms with Gasteiger partial charge in [0.05, 0.1) is 12.5 Å². The molecular formula is C17H22N2O2.